The Morgan fingerprint density at radius 3 is 2.39 bits per heavy atom. The van der Waals surface area contributed by atoms with Crippen molar-refractivity contribution in [2.75, 3.05) is 44.4 Å². The van der Waals surface area contributed by atoms with Gasteiger partial charge in [-0.05, 0) is 12.8 Å². The van der Waals surface area contributed by atoms with Gasteiger partial charge in [-0.3, -0.25) is 32.5 Å². The van der Waals surface area contributed by atoms with Gasteiger partial charge in [0.2, 0.25) is 11.8 Å². The van der Waals surface area contributed by atoms with Gasteiger partial charge >= 0.3 is 23.5 Å². The van der Waals surface area contributed by atoms with Crippen LogP contribution in [0.25, 0.3) is 11.2 Å². The van der Waals surface area contributed by atoms with Gasteiger partial charge in [0.05, 0.1) is 19.5 Å². The summed E-state index contributed by atoms with van der Waals surface area (Å²) in [5, 5.41) is 35.1. The fourth-order valence-electron chi connectivity index (χ4n) is 4.93. The second-order valence-electron chi connectivity index (χ2n) is 12.8. The van der Waals surface area contributed by atoms with E-state index in [0.717, 1.165) is 35.4 Å². The van der Waals surface area contributed by atoms with Gasteiger partial charge in [0, 0.05) is 43.7 Å². The van der Waals surface area contributed by atoms with Crippen LogP contribution in [0.2, 0.25) is 0 Å². The fraction of sp³-hybridized carbons (Fsp3) is 0.704. The lowest BCUT2D eigenvalue weighted by molar-refractivity contribution is -0.137. The van der Waals surface area contributed by atoms with Gasteiger partial charge < -0.3 is 56.0 Å². The lowest BCUT2D eigenvalue weighted by Crippen LogP contribution is -2.46. The Hall–Kier alpha value is -2.48. The van der Waals surface area contributed by atoms with Crippen molar-refractivity contribution in [3.8, 4) is 0 Å². The molecule has 7 atom stereocenters. The van der Waals surface area contributed by atoms with Crippen LogP contribution in [0, 0.1) is 5.41 Å². The summed E-state index contributed by atoms with van der Waals surface area (Å²) in [6.45, 7) is 0.527. The molecule has 0 aliphatic carbocycles. The fourth-order valence-corrected chi connectivity index (χ4v) is 8.47. The molecule has 1 aliphatic heterocycles. The molecule has 56 heavy (non-hydrogen) atoms. The minimum atomic E-state index is -5.57. The van der Waals surface area contributed by atoms with Crippen LogP contribution in [0.4, 0.5) is 5.82 Å². The molecule has 2 unspecified atom stereocenters. The lowest BCUT2D eigenvalue weighted by Gasteiger charge is -2.30. The Morgan fingerprint density at radius 2 is 1.71 bits per heavy atom. The van der Waals surface area contributed by atoms with Crippen molar-refractivity contribution in [3.63, 3.8) is 0 Å². The van der Waals surface area contributed by atoms with E-state index in [0.29, 0.717) is 25.0 Å². The predicted molar refractivity (Wildman–Crippen MR) is 193 cm³/mol. The number of imidazole rings is 1. The van der Waals surface area contributed by atoms with Gasteiger partial charge in [0.25, 0.3) is 0 Å². The number of thioether (sulfide) groups is 1. The molecule has 2 amide bonds. The molecule has 25 nitrogen and oxygen atoms in total. The summed E-state index contributed by atoms with van der Waals surface area (Å²) in [5.41, 5.74) is 4.25. The number of carbonyl (C=O) groups is 3. The van der Waals surface area contributed by atoms with Crippen LogP contribution >= 0.6 is 35.2 Å². The number of anilines is 1. The highest BCUT2D eigenvalue weighted by molar-refractivity contribution is 8.13. The molecule has 1 fully saturated rings. The first-order valence-electron chi connectivity index (χ1n) is 16.7. The first-order chi connectivity index (χ1) is 26.1. The number of aromatic nitrogens is 4. The van der Waals surface area contributed by atoms with E-state index in [1.165, 1.54) is 13.8 Å². The first kappa shape index (κ1) is 47.9. The minimum Gasteiger partial charge on any atom is -0.396 e. The van der Waals surface area contributed by atoms with Crippen molar-refractivity contribution in [1.29, 1.82) is 0 Å². The monoisotopic (exact) mass is 881 g/mol. The number of nitrogens with one attached hydrogen (secondary N) is 2. The molecule has 318 valence electrons. The SMILES string of the molecule is CC(C)(COP(=O)(O)OP(=O)(O)OC[C@H]1O[C@@H](n2cnc3c(N)ncnc32)[C@H](O)[C@@H]1OP(=O)(O)O)[C@@H](O)C(=O)NCCC(=O)NCCSC(=O)CCCCCO. The quantitative estimate of drug-likeness (QED) is 0.0456. The second-order valence-corrected chi connectivity index (χ2v) is 18.2. The van der Waals surface area contributed by atoms with Crippen molar-refractivity contribution >= 4 is 69.1 Å². The molecule has 0 aromatic carbocycles. The van der Waals surface area contributed by atoms with E-state index in [4.69, 9.17) is 24.6 Å². The third kappa shape index (κ3) is 15.0. The molecule has 0 saturated carbocycles. The molecule has 2 aromatic heterocycles. The average Bonchev–Trinajstić information content (AvgIpc) is 3.66. The number of ether oxygens (including phenoxy) is 1. The average molecular weight is 882 g/mol. The molecule has 1 aliphatic rings. The maximum absolute atomic E-state index is 12.7. The normalized spacial score (nSPS) is 21.7. The number of phosphoric ester groups is 3. The molecule has 3 rings (SSSR count). The molecular formula is C27H46N7O18P3S. The van der Waals surface area contributed by atoms with E-state index < -0.39 is 84.6 Å². The van der Waals surface area contributed by atoms with Crippen LogP contribution in [0.5, 0.6) is 0 Å². The third-order valence-corrected chi connectivity index (χ3v) is 11.8. The number of amides is 2. The van der Waals surface area contributed by atoms with Crippen molar-refractivity contribution in [1.82, 2.24) is 30.2 Å². The molecular weight excluding hydrogens is 835 g/mol. The van der Waals surface area contributed by atoms with E-state index in [1.807, 2.05) is 0 Å². The summed E-state index contributed by atoms with van der Waals surface area (Å²) < 4.78 is 62.0. The molecule has 29 heteroatoms. The number of rotatable bonds is 24. The van der Waals surface area contributed by atoms with E-state index in [9.17, 15) is 57.9 Å². The molecule has 0 bridgehead atoms. The standard InChI is InChI=1S/C27H46N7O18P3S/c1-27(2,22(39)25(40)30-8-7-17(36)29-9-11-56-18(37)6-4-3-5-10-35)13-49-55(46,47)52-54(44,45)48-12-16-21(51-53(41,42)43)20(38)26(50-16)34-15-33-19-23(28)31-14-32-24(19)34/h14-16,20-22,26,35,38-39H,3-13H2,1-2H3,(H,29,36)(H,30,40)(H,44,45)(H,46,47)(H2,28,31,32)(H2,41,42,43)/t16-,20-,21-,22+,26-/m1/s1. The van der Waals surface area contributed by atoms with Gasteiger partial charge in [0.1, 0.15) is 36.3 Å². The number of aliphatic hydroxyl groups is 3. The number of fused-ring (bicyclic) bond motifs is 1. The van der Waals surface area contributed by atoms with Gasteiger partial charge in [-0.15, -0.1) is 0 Å². The van der Waals surface area contributed by atoms with E-state index >= 15 is 0 Å². The first-order valence-corrected chi connectivity index (χ1v) is 22.2. The number of nitrogens with two attached hydrogens (primary N) is 1. The summed E-state index contributed by atoms with van der Waals surface area (Å²) in [5.74, 6) is -1.13. The van der Waals surface area contributed by atoms with Gasteiger partial charge in [-0.25, -0.2) is 28.6 Å². The number of carbonyl (C=O) groups excluding carboxylic acids is 3. The Kier molecular flexibility index (Phi) is 17.9. The van der Waals surface area contributed by atoms with E-state index in [-0.39, 0.29) is 48.2 Å². The molecule has 1 saturated heterocycles. The summed E-state index contributed by atoms with van der Waals surface area (Å²) in [6.07, 6.45) is -4.55. The highest BCUT2D eigenvalue weighted by Crippen LogP contribution is 2.61. The number of nitrogen functional groups attached to an aromatic ring is 1. The molecule has 0 spiro atoms. The van der Waals surface area contributed by atoms with Crippen LogP contribution in [-0.2, 0) is 50.7 Å². The minimum absolute atomic E-state index is 0.0279. The van der Waals surface area contributed by atoms with E-state index in [2.05, 4.69) is 34.4 Å². The zero-order valence-electron chi connectivity index (χ0n) is 30.1. The maximum Gasteiger partial charge on any atom is 0.481 e. The number of hydrogen-bond acceptors (Lipinski definition) is 19. The Balaban J connectivity index is 1.47. The number of aliphatic hydroxyl groups excluding tert-OH is 3. The number of hydrogen-bond donors (Lipinski definition) is 10. The van der Waals surface area contributed by atoms with Crippen molar-refractivity contribution in [2.45, 2.75) is 76.6 Å². The molecule has 2 aromatic rings. The topological polar surface area (TPSA) is 384 Å². The predicted octanol–water partition coefficient (Wildman–Crippen LogP) is -0.783. The number of nitrogens with zero attached hydrogens (tertiary/aromatic N) is 4. The Morgan fingerprint density at radius 1 is 1.02 bits per heavy atom. The van der Waals surface area contributed by atoms with Gasteiger partial charge in [-0.2, -0.15) is 4.31 Å². The Bertz CT molecular complexity index is 1800. The highest BCUT2D eigenvalue weighted by atomic mass is 32.2. The summed E-state index contributed by atoms with van der Waals surface area (Å²) in [6, 6.07) is 0. The summed E-state index contributed by atoms with van der Waals surface area (Å²) in [4.78, 5) is 87.3. The zero-order valence-corrected chi connectivity index (χ0v) is 33.6. The summed E-state index contributed by atoms with van der Waals surface area (Å²) >= 11 is 1.07. The third-order valence-electron chi connectivity index (χ3n) is 7.80. The van der Waals surface area contributed by atoms with Crippen molar-refractivity contribution in [2.24, 2.45) is 5.41 Å². The van der Waals surface area contributed by atoms with Crippen LogP contribution in [0.3, 0.4) is 0 Å². The van der Waals surface area contributed by atoms with Gasteiger partial charge in [-0.1, -0.05) is 32.0 Å². The van der Waals surface area contributed by atoms with Crippen molar-refractivity contribution in [3.05, 3.63) is 12.7 Å². The number of unbranched alkanes of at least 4 members (excludes halogenated alkanes) is 2. The van der Waals surface area contributed by atoms with Gasteiger partial charge in [0.15, 0.2) is 22.8 Å². The summed E-state index contributed by atoms with van der Waals surface area (Å²) in [7, 11) is -16.4. The molecule has 3 heterocycles. The van der Waals surface area contributed by atoms with Crippen molar-refractivity contribution < 1.29 is 85.6 Å². The largest absolute Gasteiger partial charge is 0.481 e. The second kappa shape index (κ2) is 21.0. The molecule has 0 radical (unpaired) electrons. The maximum atomic E-state index is 12.7. The van der Waals surface area contributed by atoms with E-state index in [1.54, 1.807) is 0 Å². The zero-order chi connectivity index (χ0) is 41.9. The van der Waals surface area contributed by atoms with Crippen LogP contribution in [0.1, 0.15) is 52.2 Å². The lowest BCUT2D eigenvalue weighted by atomic mass is 9.87. The van der Waals surface area contributed by atoms with Crippen LogP contribution in [-0.4, -0.2) is 134 Å². The molecule has 11 N–H and O–H groups in total. The smallest absolute Gasteiger partial charge is 0.396 e. The number of phosphoric acid groups is 3. The highest BCUT2D eigenvalue weighted by Gasteiger charge is 2.50. The van der Waals surface area contributed by atoms with Crippen LogP contribution in [0.15, 0.2) is 12.7 Å². The Labute approximate surface area is 323 Å². The van der Waals surface area contributed by atoms with Crippen LogP contribution < -0.4 is 16.4 Å².